The highest BCUT2D eigenvalue weighted by atomic mass is 31.2. The number of unbranched alkanes of at least 4 members (excludes halogenated alkanes) is 27. The molecule has 0 aliphatic rings. The molecule has 0 heterocycles. The second-order valence-electron chi connectivity index (χ2n) is 14.7. The highest BCUT2D eigenvalue weighted by Gasteiger charge is 2.25. The van der Waals surface area contributed by atoms with Crippen LogP contribution in [0.15, 0.2) is 12.2 Å². The average molecular weight is 759 g/mol. The lowest BCUT2D eigenvalue weighted by atomic mass is 10.0. The average Bonchev–Trinajstić information content (AvgIpc) is 3.12. The number of ether oxygens (including phenoxy) is 2. The Balaban J connectivity index is 4.05. The number of phosphoric acid groups is 1. The summed E-state index contributed by atoms with van der Waals surface area (Å²) in [5, 5.41) is 0. The van der Waals surface area contributed by atoms with E-state index in [1.807, 2.05) is 0 Å². The topological polar surface area (TPSA) is 108 Å². The minimum atomic E-state index is -4.27. The molecule has 52 heavy (non-hydrogen) atoms. The van der Waals surface area contributed by atoms with Crippen molar-refractivity contribution < 1.29 is 37.6 Å². The van der Waals surface area contributed by atoms with Crippen molar-refractivity contribution in [3.05, 3.63) is 12.2 Å². The Morgan fingerprint density at radius 1 is 0.500 bits per heavy atom. The summed E-state index contributed by atoms with van der Waals surface area (Å²) >= 11 is 0. The van der Waals surface area contributed by atoms with Gasteiger partial charge in [-0.3, -0.25) is 18.6 Å². The first kappa shape index (κ1) is 50.8. The van der Waals surface area contributed by atoms with E-state index in [2.05, 4.69) is 26.0 Å². The van der Waals surface area contributed by atoms with Crippen LogP contribution in [0.25, 0.3) is 0 Å². The third-order valence-electron chi connectivity index (χ3n) is 9.57. The van der Waals surface area contributed by atoms with Crippen molar-refractivity contribution in [2.75, 3.05) is 19.8 Å². The van der Waals surface area contributed by atoms with Gasteiger partial charge in [0, 0.05) is 12.8 Å². The van der Waals surface area contributed by atoms with Crippen LogP contribution in [-0.2, 0) is 32.7 Å². The van der Waals surface area contributed by atoms with Crippen LogP contribution in [0.5, 0.6) is 0 Å². The molecule has 0 aliphatic carbocycles. The molecule has 2 atom stereocenters. The van der Waals surface area contributed by atoms with Crippen molar-refractivity contribution in [2.45, 2.75) is 232 Å². The predicted molar refractivity (Wildman–Crippen MR) is 216 cm³/mol. The summed E-state index contributed by atoms with van der Waals surface area (Å²) < 4.78 is 32.7. The van der Waals surface area contributed by atoms with Crippen molar-refractivity contribution in [3.63, 3.8) is 0 Å². The number of phosphoric ester groups is 1. The van der Waals surface area contributed by atoms with E-state index in [-0.39, 0.29) is 32.2 Å². The third kappa shape index (κ3) is 38.5. The molecule has 0 aromatic rings. The molecule has 0 amide bonds. The van der Waals surface area contributed by atoms with Crippen LogP contribution in [0.3, 0.4) is 0 Å². The fourth-order valence-electron chi connectivity index (χ4n) is 6.33. The zero-order chi connectivity index (χ0) is 38.2. The third-order valence-corrected chi connectivity index (χ3v) is 10.6. The standard InChI is InChI=1S/C43H83O8P/c1-4-7-9-11-13-15-17-19-21-22-24-26-28-30-32-34-36-38-43(45)51-41(40-50-52(46,47)49-6-3)39-48-42(44)37-35-33-31-29-27-25-23-20-18-16-14-12-10-8-5-2/h19,21,41H,4-18,20,22-40H2,1-3H3,(H,46,47)/b21-19-. The van der Waals surface area contributed by atoms with E-state index >= 15 is 0 Å². The minimum absolute atomic E-state index is 0.00281. The number of hydrogen-bond acceptors (Lipinski definition) is 7. The number of esters is 2. The van der Waals surface area contributed by atoms with Crippen LogP contribution in [0.4, 0.5) is 0 Å². The Morgan fingerprint density at radius 3 is 1.27 bits per heavy atom. The first-order valence-electron chi connectivity index (χ1n) is 22.0. The molecule has 9 heteroatoms. The van der Waals surface area contributed by atoms with Crippen LogP contribution in [0.1, 0.15) is 226 Å². The van der Waals surface area contributed by atoms with Gasteiger partial charge >= 0.3 is 19.8 Å². The van der Waals surface area contributed by atoms with Crippen LogP contribution in [-0.4, -0.2) is 42.8 Å². The number of allylic oxidation sites excluding steroid dienone is 2. The van der Waals surface area contributed by atoms with Crippen molar-refractivity contribution in [1.29, 1.82) is 0 Å². The second kappa shape index (κ2) is 39.5. The van der Waals surface area contributed by atoms with E-state index in [9.17, 15) is 19.0 Å². The zero-order valence-electron chi connectivity index (χ0n) is 34.2. The summed E-state index contributed by atoms with van der Waals surface area (Å²) in [7, 11) is -4.27. The Labute approximate surface area is 320 Å². The van der Waals surface area contributed by atoms with Crippen LogP contribution in [0.2, 0.25) is 0 Å². The van der Waals surface area contributed by atoms with Gasteiger partial charge in [0.25, 0.3) is 0 Å². The van der Waals surface area contributed by atoms with Gasteiger partial charge in [0.2, 0.25) is 0 Å². The highest BCUT2D eigenvalue weighted by Crippen LogP contribution is 2.43. The van der Waals surface area contributed by atoms with Crippen LogP contribution in [0, 0.1) is 0 Å². The van der Waals surface area contributed by atoms with Crippen molar-refractivity contribution in [3.8, 4) is 0 Å². The molecule has 0 aromatic carbocycles. The van der Waals surface area contributed by atoms with E-state index in [1.54, 1.807) is 6.92 Å². The fourth-order valence-corrected chi connectivity index (χ4v) is 7.09. The molecule has 0 bridgehead atoms. The van der Waals surface area contributed by atoms with Gasteiger partial charge in [-0.25, -0.2) is 4.57 Å². The normalized spacial score (nSPS) is 13.4. The Morgan fingerprint density at radius 2 is 0.865 bits per heavy atom. The number of carbonyl (C=O) groups is 2. The van der Waals surface area contributed by atoms with Gasteiger partial charge in [0.05, 0.1) is 13.2 Å². The fraction of sp³-hybridized carbons (Fsp3) is 0.907. The molecular formula is C43H83O8P. The highest BCUT2D eigenvalue weighted by molar-refractivity contribution is 7.47. The van der Waals surface area contributed by atoms with Crippen molar-refractivity contribution >= 4 is 19.8 Å². The van der Waals surface area contributed by atoms with Gasteiger partial charge in [-0.05, 0) is 45.4 Å². The summed E-state index contributed by atoms with van der Waals surface area (Å²) in [5.74, 6) is -0.791. The first-order chi connectivity index (χ1) is 25.3. The maximum absolute atomic E-state index is 12.6. The molecule has 0 fully saturated rings. The molecule has 0 spiro atoms. The molecule has 1 N–H and O–H groups in total. The zero-order valence-corrected chi connectivity index (χ0v) is 35.1. The smallest absolute Gasteiger partial charge is 0.462 e. The van der Waals surface area contributed by atoms with Gasteiger partial charge in [0.15, 0.2) is 6.10 Å². The molecular weight excluding hydrogens is 675 g/mol. The molecule has 0 saturated heterocycles. The van der Waals surface area contributed by atoms with Gasteiger partial charge in [-0.1, -0.05) is 180 Å². The molecule has 0 rings (SSSR count). The molecule has 0 aromatic heterocycles. The number of rotatable bonds is 41. The molecule has 8 nitrogen and oxygen atoms in total. The van der Waals surface area contributed by atoms with Crippen molar-refractivity contribution in [2.24, 2.45) is 0 Å². The van der Waals surface area contributed by atoms with Crippen LogP contribution < -0.4 is 0 Å². The number of hydrogen-bond donors (Lipinski definition) is 1. The quantitative estimate of drug-likeness (QED) is 0.0284. The Bertz CT molecular complexity index is 864. The number of carbonyl (C=O) groups excluding carboxylic acids is 2. The lowest BCUT2D eigenvalue weighted by Crippen LogP contribution is -2.29. The minimum Gasteiger partial charge on any atom is -0.462 e. The Kier molecular flexibility index (Phi) is 38.6. The summed E-state index contributed by atoms with van der Waals surface area (Å²) in [6.45, 7) is 5.50. The molecule has 0 aliphatic heterocycles. The maximum atomic E-state index is 12.6. The van der Waals surface area contributed by atoms with E-state index in [0.29, 0.717) is 12.8 Å². The van der Waals surface area contributed by atoms with Crippen LogP contribution >= 0.6 is 7.82 Å². The van der Waals surface area contributed by atoms with Gasteiger partial charge in [0.1, 0.15) is 6.61 Å². The maximum Gasteiger partial charge on any atom is 0.472 e. The summed E-state index contributed by atoms with van der Waals surface area (Å²) in [5.41, 5.74) is 0. The van der Waals surface area contributed by atoms with E-state index in [1.165, 1.54) is 141 Å². The lowest BCUT2D eigenvalue weighted by molar-refractivity contribution is -0.161. The predicted octanol–water partition coefficient (Wildman–Crippen LogP) is 13.7. The van der Waals surface area contributed by atoms with Gasteiger partial charge in [-0.15, -0.1) is 0 Å². The van der Waals surface area contributed by atoms with Gasteiger partial charge in [-0.2, -0.15) is 0 Å². The Hall–Kier alpha value is -1.21. The molecule has 2 unspecified atom stereocenters. The van der Waals surface area contributed by atoms with E-state index in [0.717, 1.165) is 44.9 Å². The first-order valence-corrected chi connectivity index (χ1v) is 23.5. The van der Waals surface area contributed by atoms with E-state index < -0.39 is 19.9 Å². The molecule has 0 saturated carbocycles. The SMILES string of the molecule is CCCCCCCC/C=C\CCCCCCCCCC(=O)OC(COC(=O)CCCCCCCCCCCCCCCCC)COP(=O)(O)OCC. The van der Waals surface area contributed by atoms with Crippen molar-refractivity contribution in [1.82, 2.24) is 0 Å². The lowest BCUT2D eigenvalue weighted by Gasteiger charge is -2.19. The monoisotopic (exact) mass is 759 g/mol. The molecule has 308 valence electrons. The summed E-state index contributed by atoms with van der Waals surface area (Å²) in [4.78, 5) is 34.7. The van der Waals surface area contributed by atoms with Gasteiger partial charge < -0.3 is 14.4 Å². The second-order valence-corrected chi connectivity index (χ2v) is 16.2. The summed E-state index contributed by atoms with van der Waals surface area (Å²) in [6, 6.07) is 0. The van der Waals surface area contributed by atoms with E-state index in [4.69, 9.17) is 18.5 Å². The summed E-state index contributed by atoms with van der Waals surface area (Å²) in [6.07, 6.45) is 41.2. The largest absolute Gasteiger partial charge is 0.472 e. The molecule has 0 radical (unpaired) electrons.